The molecule has 3 heteroatoms. The highest BCUT2D eigenvalue weighted by atomic mass is 16.3. The molecule has 3 atom stereocenters. The Morgan fingerprint density at radius 3 is 2.65 bits per heavy atom. The summed E-state index contributed by atoms with van der Waals surface area (Å²) < 4.78 is 5.73. The van der Waals surface area contributed by atoms with E-state index in [9.17, 15) is 0 Å². The van der Waals surface area contributed by atoms with E-state index >= 15 is 0 Å². The van der Waals surface area contributed by atoms with E-state index in [1.54, 1.807) is 0 Å². The Balaban J connectivity index is 1.81. The Morgan fingerprint density at radius 2 is 2.10 bits per heavy atom. The molecule has 1 saturated carbocycles. The molecule has 112 valence electrons. The lowest BCUT2D eigenvalue weighted by molar-refractivity contribution is 0.0512. The van der Waals surface area contributed by atoms with Crippen molar-refractivity contribution in [3.8, 4) is 0 Å². The highest BCUT2D eigenvalue weighted by molar-refractivity contribution is 5.24. The molecule has 3 unspecified atom stereocenters. The normalized spacial score (nSPS) is 33.4. The summed E-state index contributed by atoms with van der Waals surface area (Å²) in [6, 6.07) is 3.22. The average molecular weight is 276 g/mol. The SMILES string of the molecule is Cc1cc(C(C)N2CC(C)(C3CC3)NCC2C)c(C)o1. The van der Waals surface area contributed by atoms with Gasteiger partial charge in [-0.3, -0.25) is 4.90 Å². The van der Waals surface area contributed by atoms with Crippen LogP contribution in [0.1, 0.15) is 56.7 Å². The van der Waals surface area contributed by atoms with Crippen molar-refractivity contribution >= 4 is 0 Å². The lowest BCUT2D eigenvalue weighted by atomic mass is 9.89. The Morgan fingerprint density at radius 1 is 1.40 bits per heavy atom. The molecular weight excluding hydrogens is 248 g/mol. The lowest BCUT2D eigenvalue weighted by Gasteiger charge is -2.48. The van der Waals surface area contributed by atoms with Crippen LogP contribution in [0, 0.1) is 19.8 Å². The Bertz CT molecular complexity index is 491. The molecule has 0 aromatic carbocycles. The van der Waals surface area contributed by atoms with Crippen LogP contribution in [0.15, 0.2) is 10.5 Å². The second-order valence-electron chi connectivity index (χ2n) is 7.14. The first-order valence-electron chi connectivity index (χ1n) is 7.98. The maximum absolute atomic E-state index is 5.73. The van der Waals surface area contributed by atoms with Gasteiger partial charge in [0.15, 0.2) is 0 Å². The number of hydrogen-bond acceptors (Lipinski definition) is 3. The second-order valence-corrected chi connectivity index (χ2v) is 7.14. The molecule has 3 nitrogen and oxygen atoms in total. The van der Waals surface area contributed by atoms with Gasteiger partial charge in [0.05, 0.1) is 0 Å². The molecule has 1 aromatic rings. The van der Waals surface area contributed by atoms with Gasteiger partial charge in [-0.25, -0.2) is 0 Å². The van der Waals surface area contributed by atoms with Gasteiger partial charge in [0.25, 0.3) is 0 Å². The van der Waals surface area contributed by atoms with Crippen LogP contribution in [0.25, 0.3) is 0 Å². The van der Waals surface area contributed by atoms with Crippen molar-refractivity contribution < 1.29 is 4.42 Å². The minimum absolute atomic E-state index is 0.299. The minimum Gasteiger partial charge on any atom is -0.466 e. The number of furan rings is 1. The molecule has 1 aliphatic carbocycles. The Labute approximate surface area is 122 Å². The highest BCUT2D eigenvalue weighted by Gasteiger charge is 2.46. The summed E-state index contributed by atoms with van der Waals surface area (Å²) in [5.74, 6) is 2.97. The van der Waals surface area contributed by atoms with Gasteiger partial charge in [0.2, 0.25) is 0 Å². The Hall–Kier alpha value is -0.800. The van der Waals surface area contributed by atoms with Crippen molar-refractivity contribution in [2.45, 2.75) is 65.1 Å². The van der Waals surface area contributed by atoms with E-state index in [0.717, 1.165) is 30.5 Å². The first kappa shape index (κ1) is 14.2. The fourth-order valence-corrected chi connectivity index (χ4v) is 3.85. The molecule has 0 radical (unpaired) electrons. The van der Waals surface area contributed by atoms with E-state index in [4.69, 9.17) is 4.42 Å². The van der Waals surface area contributed by atoms with Crippen LogP contribution in [0.4, 0.5) is 0 Å². The fourth-order valence-electron chi connectivity index (χ4n) is 3.85. The first-order chi connectivity index (χ1) is 9.40. The number of hydrogen-bond donors (Lipinski definition) is 1. The smallest absolute Gasteiger partial charge is 0.105 e. The summed E-state index contributed by atoms with van der Waals surface area (Å²) >= 11 is 0. The molecule has 2 heterocycles. The predicted molar refractivity (Wildman–Crippen MR) is 81.9 cm³/mol. The maximum Gasteiger partial charge on any atom is 0.105 e. The van der Waals surface area contributed by atoms with Crippen LogP contribution >= 0.6 is 0 Å². The topological polar surface area (TPSA) is 28.4 Å². The number of aryl methyl sites for hydroxylation is 2. The fraction of sp³-hybridized carbons (Fsp3) is 0.765. The molecule has 2 aliphatic rings. The molecule has 0 amide bonds. The predicted octanol–water partition coefficient (Wildman–Crippen LogP) is 3.42. The summed E-state index contributed by atoms with van der Waals surface area (Å²) in [7, 11) is 0. The van der Waals surface area contributed by atoms with Gasteiger partial charge in [-0.2, -0.15) is 0 Å². The van der Waals surface area contributed by atoms with Gasteiger partial charge < -0.3 is 9.73 Å². The third kappa shape index (κ3) is 2.42. The summed E-state index contributed by atoms with van der Waals surface area (Å²) in [5.41, 5.74) is 1.65. The zero-order valence-corrected chi connectivity index (χ0v) is 13.5. The van der Waals surface area contributed by atoms with Crippen molar-refractivity contribution in [2.24, 2.45) is 5.92 Å². The van der Waals surface area contributed by atoms with Gasteiger partial charge in [0, 0.05) is 36.3 Å². The number of rotatable bonds is 3. The molecule has 2 fully saturated rings. The molecule has 3 rings (SSSR count). The standard InChI is InChI=1S/C17H28N2O/c1-11-9-18-17(5,15-6-7-15)10-19(11)13(3)16-8-12(2)20-14(16)4/h8,11,13,15,18H,6-7,9-10H2,1-5H3. The summed E-state index contributed by atoms with van der Waals surface area (Å²) in [4.78, 5) is 2.66. The zero-order valence-electron chi connectivity index (χ0n) is 13.5. The van der Waals surface area contributed by atoms with Crippen molar-refractivity contribution in [3.63, 3.8) is 0 Å². The lowest BCUT2D eigenvalue weighted by Crippen LogP contribution is -2.63. The summed E-state index contributed by atoms with van der Waals surface area (Å²) in [6.45, 7) is 13.4. The van der Waals surface area contributed by atoms with Gasteiger partial charge in [0.1, 0.15) is 11.5 Å². The first-order valence-corrected chi connectivity index (χ1v) is 7.98. The van der Waals surface area contributed by atoms with Crippen LogP contribution in [0.5, 0.6) is 0 Å². The van der Waals surface area contributed by atoms with Crippen LogP contribution in [-0.4, -0.2) is 29.6 Å². The van der Waals surface area contributed by atoms with Crippen molar-refractivity contribution in [3.05, 3.63) is 23.2 Å². The Kier molecular flexibility index (Phi) is 3.46. The number of piperazine rings is 1. The second kappa shape index (κ2) is 4.88. The van der Waals surface area contributed by atoms with Gasteiger partial charge >= 0.3 is 0 Å². The van der Waals surface area contributed by atoms with E-state index in [2.05, 4.69) is 44.0 Å². The zero-order chi connectivity index (χ0) is 14.5. The van der Waals surface area contributed by atoms with Crippen LogP contribution < -0.4 is 5.32 Å². The van der Waals surface area contributed by atoms with Gasteiger partial charge in [-0.1, -0.05) is 0 Å². The van der Waals surface area contributed by atoms with Crippen LogP contribution in [0.3, 0.4) is 0 Å². The average Bonchev–Trinajstić information content (AvgIpc) is 3.18. The van der Waals surface area contributed by atoms with E-state index in [1.165, 1.54) is 18.4 Å². The van der Waals surface area contributed by atoms with Crippen LogP contribution in [-0.2, 0) is 0 Å². The molecule has 1 aliphatic heterocycles. The molecule has 0 bridgehead atoms. The largest absolute Gasteiger partial charge is 0.466 e. The maximum atomic E-state index is 5.73. The summed E-state index contributed by atoms with van der Waals surface area (Å²) in [6.07, 6.45) is 2.79. The van der Waals surface area contributed by atoms with Crippen molar-refractivity contribution in [1.82, 2.24) is 10.2 Å². The molecule has 1 N–H and O–H groups in total. The van der Waals surface area contributed by atoms with E-state index in [1.807, 2.05) is 6.92 Å². The van der Waals surface area contributed by atoms with Crippen molar-refractivity contribution in [2.75, 3.05) is 13.1 Å². The molecule has 20 heavy (non-hydrogen) atoms. The summed E-state index contributed by atoms with van der Waals surface area (Å²) in [5, 5.41) is 3.80. The molecule has 1 aromatic heterocycles. The van der Waals surface area contributed by atoms with E-state index < -0.39 is 0 Å². The number of nitrogens with zero attached hydrogens (tertiary/aromatic N) is 1. The monoisotopic (exact) mass is 276 g/mol. The minimum atomic E-state index is 0.299. The van der Waals surface area contributed by atoms with Crippen molar-refractivity contribution in [1.29, 1.82) is 0 Å². The molecule has 0 spiro atoms. The van der Waals surface area contributed by atoms with Gasteiger partial charge in [-0.05, 0) is 59.4 Å². The van der Waals surface area contributed by atoms with E-state index in [0.29, 0.717) is 17.6 Å². The van der Waals surface area contributed by atoms with E-state index in [-0.39, 0.29) is 0 Å². The third-order valence-electron chi connectivity index (χ3n) is 5.38. The van der Waals surface area contributed by atoms with Crippen LogP contribution in [0.2, 0.25) is 0 Å². The molecule has 1 saturated heterocycles. The number of nitrogens with one attached hydrogen (secondary N) is 1. The molecular formula is C17H28N2O. The quantitative estimate of drug-likeness (QED) is 0.917. The van der Waals surface area contributed by atoms with Gasteiger partial charge in [-0.15, -0.1) is 0 Å². The highest BCUT2D eigenvalue weighted by Crippen LogP contribution is 2.43. The third-order valence-corrected chi connectivity index (χ3v) is 5.38.